The molecule has 0 atom stereocenters. The van der Waals surface area contributed by atoms with Crippen LogP contribution in [0.2, 0.25) is 0 Å². The first-order valence-corrected chi connectivity index (χ1v) is 7.66. The molecule has 23 heavy (non-hydrogen) atoms. The van der Waals surface area contributed by atoms with Crippen molar-refractivity contribution in [2.24, 2.45) is 0 Å². The van der Waals surface area contributed by atoms with Crippen LogP contribution in [0.15, 0.2) is 60.8 Å². The van der Waals surface area contributed by atoms with Crippen molar-refractivity contribution in [2.45, 2.75) is 0 Å². The zero-order valence-corrected chi connectivity index (χ0v) is 18.8. The fraction of sp³-hybridized carbons (Fsp3) is 0. The van der Waals surface area contributed by atoms with Crippen LogP contribution in [0.25, 0.3) is 10.8 Å². The first-order valence-electron chi connectivity index (χ1n) is 4.82. The maximum atomic E-state index is 2.97. The Bertz CT molecular complexity index is 451. The molecule has 1 N–H and O–H groups in total. The number of benzene rings is 1. The third-order valence-corrected chi connectivity index (χ3v) is 1.99. The minimum absolute atomic E-state index is 0. The van der Waals surface area contributed by atoms with Gasteiger partial charge in [-0.25, -0.2) is 0 Å². The third kappa shape index (κ3) is 17.8. The van der Waals surface area contributed by atoms with Gasteiger partial charge < -0.3 is 42.1 Å². The molecule has 5 heteroatoms. The molecule has 0 aliphatic heterocycles. The summed E-state index contributed by atoms with van der Waals surface area (Å²) in [6.45, 7) is 0. The van der Waals surface area contributed by atoms with Crippen LogP contribution >= 0.6 is 24.8 Å². The van der Waals surface area contributed by atoms with Crippen LogP contribution in [-0.4, -0.2) is 12.6 Å². The Kier molecular flexibility index (Phi) is 55.8. The van der Waals surface area contributed by atoms with E-state index in [1.54, 1.807) is 19.2 Å². The van der Waals surface area contributed by atoms with E-state index in [4.69, 9.17) is 0 Å². The molecule has 2 aromatic carbocycles. The number of hydrogen-bond donors (Lipinski definition) is 1. The zero-order valence-electron chi connectivity index (χ0n) is 14.6. The molecule has 0 aliphatic rings. The van der Waals surface area contributed by atoms with Gasteiger partial charge in [0.15, 0.2) is 0 Å². The Morgan fingerprint density at radius 2 is 1.43 bits per heavy atom. The van der Waals surface area contributed by atoms with E-state index in [-0.39, 0.29) is 61.9 Å². The van der Waals surface area contributed by atoms with Crippen LogP contribution in [0.4, 0.5) is 0 Å². The molecule has 2 radical (unpaired) electrons. The molecule has 0 amide bonds. The number of aromatic amines is 1. The summed E-state index contributed by atoms with van der Waals surface area (Å²) in [6, 6.07) is 18.4. The second kappa shape index (κ2) is 29.6. The third-order valence-electron chi connectivity index (χ3n) is 1.99. The molecule has 134 valence electrons. The van der Waals surface area contributed by atoms with Gasteiger partial charge in [-0.15, -0.1) is 60.7 Å². The fourth-order valence-corrected chi connectivity index (χ4v) is 1.31. The molecule has 3 rings (SSSR count). The van der Waals surface area contributed by atoms with Crippen LogP contribution in [0.3, 0.4) is 0 Å². The predicted molar refractivity (Wildman–Crippen MR) is 111 cm³/mol. The van der Waals surface area contributed by atoms with Gasteiger partial charge in [0.1, 0.15) is 0 Å². The summed E-state index contributed by atoms with van der Waals surface area (Å²) in [5, 5.41) is 2.66. The Balaban J connectivity index is -0.0000000333. The van der Waals surface area contributed by atoms with Gasteiger partial charge >= 0.3 is 26.8 Å². The Morgan fingerprint density at radius 3 is 1.83 bits per heavy atom. The van der Waals surface area contributed by atoms with Gasteiger partial charge in [-0.05, 0) is 0 Å². The van der Waals surface area contributed by atoms with Crippen LogP contribution in [-0.2, 0) is 19.2 Å². The molecule has 1 nitrogen and oxygen atoms in total. The van der Waals surface area contributed by atoms with Crippen molar-refractivity contribution in [3.63, 3.8) is 0 Å². The van der Waals surface area contributed by atoms with E-state index in [1.165, 1.54) is 10.8 Å². The van der Waals surface area contributed by atoms with Crippen LogP contribution in [0.5, 0.6) is 0 Å². The first kappa shape index (κ1) is 43.3. The number of H-pyrrole nitrogens is 1. The molecule has 0 spiro atoms. The molecular formula is C18H28Cl2NSiTi-7. The molecule has 0 saturated carbocycles. The maximum Gasteiger partial charge on any atom is -0.0809 e. The Labute approximate surface area is 170 Å². The number of fused-ring (bicyclic) bond motifs is 1. The van der Waals surface area contributed by atoms with E-state index >= 15 is 0 Å². The van der Waals surface area contributed by atoms with Crippen molar-refractivity contribution < 1.29 is 19.2 Å². The summed E-state index contributed by atoms with van der Waals surface area (Å²) in [4.78, 5) is 2.74. The van der Waals surface area contributed by atoms with Crippen molar-refractivity contribution in [2.75, 3.05) is 0 Å². The Morgan fingerprint density at radius 1 is 0.870 bits per heavy atom. The minimum Gasteiger partial charge on any atom is -0.484 e. The number of rotatable bonds is 0. The van der Waals surface area contributed by atoms with E-state index in [2.05, 4.69) is 61.3 Å². The second-order valence-electron chi connectivity index (χ2n) is 2.97. The molecule has 0 fully saturated rings. The minimum atomic E-state index is 0. The van der Waals surface area contributed by atoms with Crippen LogP contribution in [0, 0.1) is 43.3 Å². The van der Waals surface area contributed by atoms with Gasteiger partial charge in [-0.2, -0.15) is 35.8 Å². The van der Waals surface area contributed by atoms with E-state index in [0.29, 0.717) is 0 Å². The molecule has 0 saturated heterocycles. The van der Waals surface area contributed by atoms with Crippen LogP contribution in [0.1, 0.15) is 0 Å². The van der Waals surface area contributed by atoms with Crippen molar-refractivity contribution in [3.05, 3.63) is 104 Å². The van der Waals surface area contributed by atoms with Crippen molar-refractivity contribution in [3.8, 4) is 0 Å². The molecule has 1 heterocycles. The number of hydrogen-bond acceptors (Lipinski definition) is 0. The van der Waals surface area contributed by atoms with Crippen molar-refractivity contribution >= 4 is 43.2 Å². The zero-order chi connectivity index (χ0) is 11.6. The van der Waals surface area contributed by atoms with Gasteiger partial charge in [0.25, 0.3) is 0 Å². The van der Waals surface area contributed by atoms with Gasteiger partial charge in [-0.1, -0.05) is 6.07 Å². The summed E-state index contributed by atoms with van der Waals surface area (Å²) >= 11 is 1.81. The molecule has 1 aromatic heterocycles. The van der Waals surface area contributed by atoms with E-state index < -0.39 is 0 Å². The van der Waals surface area contributed by atoms with Gasteiger partial charge in [0, 0.05) is 0 Å². The Hall–Kier alpha value is -0.379. The van der Waals surface area contributed by atoms with E-state index in [0.717, 1.165) is 0 Å². The van der Waals surface area contributed by atoms with Gasteiger partial charge in [0.05, 0.1) is 0 Å². The SMILES string of the molecule is Cl.Cl.[CH3-].[CH3-].[CH3-].[CH3-].[CH3-].[Si]=[Ti].[c-]1ccc[nH]1.c1ccc2[cH-]ccc2c1. The second-order valence-corrected chi connectivity index (χ2v) is 2.97. The maximum absolute atomic E-state index is 2.97. The standard InChI is InChI=1S/C9H7.C4H4N.5CH3.2ClH.Si.Ti/c1-2-5-9-7-3-6-8(9)4-1;1-2-4-5-3-1;;;;;;;;;/h1-7H;1-3,5H;5*1H3;2*1H;;/q7*-1;;;;. The van der Waals surface area contributed by atoms with Crippen molar-refractivity contribution in [1.82, 2.24) is 4.98 Å². The summed E-state index contributed by atoms with van der Waals surface area (Å²) < 4.78 is 0. The molecule has 0 aliphatic carbocycles. The summed E-state index contributed by atoms with van der Waals surface area (Å²) in [7, 11) is 2.97. The number of halogens is 2. The fourth-order valence-electron chi connectivity index (χ4n) is 1.31. The van der Waals surface area contributed by atoms with Crippen LogP contribution < -0.4 is 0 Å². The smallest absolute Gasteiger partial charge is 0.0809 e. The average molecular weight is 405 g/mol. The number of nitrogens with one attached hydrogen (secondary N) is 1. The predicted octanol–water partition coefficient (Wildman–Crippen LogP) is 6.09. The average Bonchev–Trinajstić information content (AvgIpc) is 3.06. The van der Waals surface area contributed by atoms with Crippen molar-refractivity contribution in [1.29, 1.82) is 0 Å². The first-order chi connectivity index (χ1) is 7.97. The molecule has 0 unspecified atom stereocenters. The quantitative estimate of drug-likeness (QED) is 0.344. The van der Waals surface area contributed by atoms with Gasteiger partial charge in [-0.3, -0.25) is 0 Å². The number of aromatic nitrogens is 1. The molecule has 0 bridgehead atoms. The molecule has 3 aromatic rings. The largest absolute Gasteiger partial charge is 0.484 e. The summed E-state index contributed by atoms with van der Waals surface area (Å²) in [6.07, 6.45) is 4.56. The van der Waals surface area contributed by atoms with E-state index in [9.17, 15) is 0 Å². The van der Waals surface area contributed by atoms with E-state index in [1.807, 2.05) is 18.3 Å². The normalized spacial score (nSPS) is 5.87. The topological polar surface area (TPSA) is 15.8 Å². The summed E-state index contributed by atoms with van der Waals surface area (Å²) in [5.74, 6) is 0. The molecular weight excluding hydrogens is 377 g/mol. The summed E-state index contributed by atoms with van der Waals surface area (Å²) in [5.41, 5.74) is 0. The monoisotopic (exact) mass is 404 g/mol. The van der Waals surface area contributed by atoms with Gasteiger partial charge in [0.2, 0.25) is 0 Å².